The molecule has 0 unspecified atom stereocenters. The van der Waals surface area contributed by atoms with Gasteiger partial charge in [0.2, 0.25) is 0 Å². The van der Waals surface area contributed by atoms with Crippen LogP contribution < -0.4 is 11.1 Å². The highest BCUT2D eigenvalue weighted by Gasteiger charge is 2.16. The van der Waals surface area contributed by atoms with Gasteiger partial charge < -0.3 is 20.9 Å². The second-order valence-corrected chi connectivity index (χ2v) is 8.14. The number of Topliss-reactive ketones (excluding diaryl/α,β-unsaturated/α-hetero) is 1. The van der Waals surface area contributed by atoms with Gasteiger partial charge in [0, 0.05) is 49.5 Å². The number of pyridine rings is 2. The molecule has 0 spiro atoms. The number of hydrogen-bond acceptors (Lipinski definition) is 7. The lowest BCUT2D eigenvalue weighted by atomic mass is 10.1. The summed E-state index contributed by atoms with van der Waals surface area (Å²) in [6.07, 6.45) is 5.12. The van der Waals surface area contributed by atoms with Gasteiger partial charge in [-0.05, 0) is 48.8 Å². The number of carbonyl (C=O) groups excluding carboxylic acids is 2. The fraction of sp³-hybridized carbons (Fsp3) is 0.273. The number of hydrogen-bond donors (Lipinski definition) is 2. The number of thiophene rings is 1. The standard InChI is InChI=1S/C22H26N6O2S/c1-27(2)8-9-28(22(30)26-18-4-3-7-24-12-18)13-16-5-6-20(25-11-16)21(29)10-17-14-31-15-19(17)23/h3-7,11-12,14-15H,8-10,13,23H2,1-2H3,(H,26,30). The van der Waals surface area contributed by atoms with E-state index in [1.165, 1.54) is 11.3 Å². The minimum atomic E-state index is -0.220. The van der Waals surface area contributed by atoms with Crippen LogP contribution in [-0.4, -0.2) is 58.8 Å². The average Bonchev–Trinajstić information content (AvgIpc) is 3.16. The lowest BCUT2D eigenvalue weighted by Gasteiger charge is -2.24. The van der Waals surface area contributed by atoms with Crippen molar-refractivity contribution in [2.45, 2.75) is 13.0 Å². The van der Waals surface area contributed by atoms with E-state index in [-0.39, 0.29) is 18.2 Å². The number of ketones is 1. The predicted octanol–water partition coefficient (Wildman–Crippen LogP) is 3.14. The van der Waals surface area contributed by atoms with Crippen molar-refractivity contribution in [2.75, 3.05) is 38.2 Å². The monoisotopic (exact) mass is 438 g/mol. The molecular formula is C22H26N6O2S. The number of aromatic nitrogens is 2. The quantitative estimate of drug-likeness (QED) is 0.498. The number of nitrogen functional groups attached to an aromatic ring is 1. The Balaban J connectivity index is 1.66. The Kier molecular flexibility index (Phi) is 7.69. The average molecular weight is 439 g/mol. The lowest BCUT2D eigenvalue weighted by molar-refractivity contribution is 0.0988. The molecule has 0 saturated heterocycles. The summed E-state index contributed by atoms with van der Waals surface area (Å²) in [5.74, 6) is -0.0876. The molecule has 0 atom stereocenters. The zero-order valence-corrected chi connectivity index (χ0v) is 18.4. The molecular weight excluding hydrogens is 412 g/mol. The maximum absolute atomic E-state index is 12.8. The number of nitrogens with zero attached hydrogens (tertiary/aromatic N) is 4. The first-order valence-electron chi connectivity index (χ1n) is 9.81. The highest BCUT2D eigenvalue weighted by molar-refractivity contribution is 7.08. The maximum atomic E-state index is 12.8. The SMILES string of the molecule is CN(C)CCN(Cc1ccc(C(=O)Cc2cscc2N)nc1)C(=O)Nc1cccnc1. The Hall–Kier alpha value is -3.30. The minimum absolute atomic E-state index is 0.0876. The Morgan fingerprint density at radius 1 is 1.13 bits per heavy atom. The first kappa shape index (κ1) is 22.4. The molecule has 9 heteroatoms. The van der Waals surface area contributed by atoms with Crippen molar-refractivity contribution in [2.24, 2.45) is 0 Å². The van der Waals surface area contributed by atoms with E-state index < -0.39 is 0 Å². The number of likely N-dealkylation sites (N-methyl/N-ethyl adjacent to an activating group) is 1. The molecule has 3 aromatic heterocycles. The summed E-state index contributed by atoms with van der Waals surface area (Å²) in [7, 11) is 3.92. The third-order valence-electron chi connectivity index (χ3n) is 4.63. The van der Waals surface area contributed by atoms with Crippen molar-refractivity contribution in [3.05, 3.63) is 70.4 Å². The summed E-state index contributed by atoms with van der Waals surface area (Å²) in [4.78, 5) is 37.3. The van der Waals surface area contributed by atoms with Crippen LogP contribution in [0.3, 0.4) is 0 Å². The van der Waals surface area contributed by atoms with Crippen LogP contribution >= 0.6 is 11.3 Å². The second-order valence-electron chi connectivity index (χ2n) is 7.40. The van der Waals surface area contributed by atoms with E-state index in [1.54, 1.807) is 41.7 Å². The molecule has 162 valence electrons. The van der Waals surface area contributed by atoms with Gasteiger partial charge >= 0.3 is 6.03 Å². The molecule has 3 heterocycles. The van der Waals surface area contributed by atoms with Gasteiger partial charge in [0.25, 0.3) is 0 Å². The third kappa shape index (κ3) is 6.59. The smallest absolute Gasteiger partial charge is 0.322 e. The van der Waals surface area contributed by atoms with E-state index in [9.17, 15) is 9.59 Å². The van der Waals surface area contributed by atoms with Crippen molar-refractivity contribution in [1.82, 2.24) is 19.8 Å². The molecule has 31 heavy (non-hydrogen) atoms. The topological polar surface area (TPSA) is 104 Å². The summed E-state index contributed by atoms with van der Waals surface area (Å²) < 4.78 is 0. The van der Waals surface area contributed by atoms with E-state index in [4.69, 9.17) is 5.73 Å². The van der Waals surface area contributed by atoms with Crippen LogP contribution in [0, 0.1) is 0 Å². The number of rotatable bonds is 9. The highest BCUT2D eigenvalue weighted by Crippen LogP contribution is 2.19. The maximum Gasteiger partial charge on any atom is 0.322 e. The molecule has 0 fully saturated rings. The number of urea groups is 1. The summed E-state index contributed by atoms with van der Waals surface area (Å²) >= 11 is 1.47. The highest BCUT2D eigenvalue weighted by atomic mass is 32.1. The zero-order valence-electron chi connectivity index (χ0n) is 17.6. The Bertz CT molecular complexity index is 1000. The molecule has 3 rings (SSSR count). The first-order valence-corrected chi connectivity index (χ1v) is 10.8. The van der Waals surface area contributed by atoms with Gasteiger partial charge in [0.15, 0.2) is 5.78 Å². The van der Waals surface area contributed by atoms with Gasteiger partial charge in [-0.1, -0.05) is 6.07 Å². The number of amides is 2. The molecule has 0 aliphatic rings. The predicted molar refractivity (Wildman–Crippen MR) is 123 cm³/mol. The van der Waals surface area contributed by atoms with Crippen LogP contribution in [0.1, 0.15) is 21.6 Å². The molecule has 0 aliphatic carbocycles. The summed E-state index contributed by atoms with van der Waals surface area (Å²) in [5.41, 5.74) is 9.18. The zero-order chi connectivity index (χ0) is 22.2. The number of anilines is 2. The van der Waals surface area contributed by atoms with E-state index in [1.807, 2.05) is 35.8 Å². The summed E-state index contributed by atoms with van der Waals surface area (Å²) in [6, 6.07) is 6.86. The minimum Gasteiger partial charge on any atom is -0.398 e. The van der Waals surface area contributed by atoms with Gasteiger partial charge in [0.1, 0.15) is 5.69 Å². The van der Waals surface area contributed by atoms with Crippen LogP contribution in [0.2, 0.25) is 0 Å². The Morgan fingerprint density at radius 2 is 1.97 bits per heavy atom. The van der Waals surface area contributed by atoms with Crippen LogP contribution in [0.5, 0.6) is 0 Å². The van der Waals surface area contributed by atoms with Crippen molar-refractivity contribution in [3.8, 4) is 0 Å². The van der Waals surface area contributed by atoms with Gasteiger partial charge in [-0.2, -0.15) is 0 Å². The largest absolute Gasteiger partial charge is 0.398 e. The molecule has 3 N–H and O–H groups in total. The van der Waals surface area contributed by atoms with Crippen molar-refractivity contribution in [1.29, 1.82) is 0 Å². The molecule has 8 nitrogen and oxygen atoms in total. The Labute approximate surface area is 185 Å². The molecule has 0 bridgehead atoms. The number of nitrogens with two attached hydrogens (primary N) is 1. The van der Waals surface area contributed by atoms with E-state index >= 15 is 0 Å². The van der Waals surface area contributed by atoms with Crippen molar-refractivity contribution >= 4 is 34.5 Å². The fourth-order valence-electron chi connectivity index (χ4n) is 2.86. The van der Waals surface area contributed by atoms with Crippen LogP contribution in [0.15, 0.2) is 53.6 Å². The van der Waals surface area contributed by atoms with Crippen LogP contribution in [0.4, 0.5) is 16.2 Å². The number of nitrogens with one attached hydrogen (secondary N) is 1. The molecule has 3 aromatic rings. The summed E-state index contributed by atoms with van der Waals surface area (Å²) in [6.45, 7) is 1.63. The molecule has 0 aliphatic heterocycles. The molecule has 0 aromatic carbocycles. The summed E-state index contributed by atoms with van der Waals surface area (Å²) in [5, 5.41) is 6.56. The first-order chi connectivity index (χ1) is 14.9. The van der Waals surface area contributed by atoms with E-state index in [0.717, 1.165) is 11.1 Å². The molecule has 0 radical (unpaired) electrons. The Morgan fingerprint density at radius 3 is 2.58 bits per heavy atom. The van der Waals surface area contributed by atoms with Gasteiger partial charge in [-0.25, -0.2) is 4.79 Å². The third-order valence-corrected chi connectivity index (χ3v) is 5.44. The van der Waals surface area contributed by atoms with Crippen molar-refractivity contribution in [3.63, 3.8) is 0 Å². The molecule has 2 amide bonds. The van der Waals surface area contributed by atoms with E-state index in [0.29, 0.717) is 36.7 Å². The van der Waals surface area contributed by atoms with Gasteiger partial charge in [-0.15, -0.1) is 11.3 Å². The lowest BCUT2D eigenvalue weighted by Crippen LogP contribution is -2.39. The molecule has 0 saturated carbocycles. The van der Waals surface area contributed by atoms with Gasteiger partial charge in [-0.3, -0.25) is 14.8 Å². The van der Waals surface area contributed by atoms with Crippen LogP contribution in [0.25, 0.3) is 0 Å². The number of carbonyl (C=O) groups is 2. The van der Waals surface area contributed by atoms with E-state index in [2.05, 4.69) is 15.3 Å². The second kappa shape index (κ2) is 10.6. The van der Waals surface area contributed by atoms with Crippen molar-refractivity contribution < 1.29 is 9.59 Å². The van der Waals surface area contributed by atoms with Gasteiger partial charge in [0.05, 0.1) is 11.9 Å². The normalized spacial score (nSPS) is 10.8. The van der Waals surface area contributed by atoms with Crippen LogP contribution in [-0.2, 0) is 13.0 Å². The fourth-order valence-corrected chi connectivity index (χ4v) is 3.61.